The summed E-state index contributed by atoms with van der Waals surface area (Å²) in [5.41, 5.74) is 2.88. The quantitative estimate of drug-likeness (QED) is 0.477. The number of fused-ring (bicyclic) bond motifs is 3. The zero-order valence-corrected chi connectivity index (χ0v) is 14.6. The normalized spacial score (nSPS) is 11.4. The molecule has 0 bridgehead atoms. The van der Waals surface area contributed by atoms with Gasteiger partial charge >= 0.3 is 5.97 Å². The number of rotatable bonds is 3. The molecule has 0 saturated carbocycles. The number of hydrogen-bond acceptors (Lipinski definition) is 9. The molecule has 4 rings (SSSR count). The van der Waals surface area contributed by atoms with E-state index in [2.05, 4.69) is 35.3 Å². The SMILES string of the molecule is COC(=O)Cc1nn(-c2nc(C)cc(C)n2)c2c1nnc1nc(C)nn12. The van der Waals surface area contributed by atoms with Crippen molar-refractivity contribution in [1.82, 2.24) is 44.5 Å². The summed E-state index contributed by atoms with van der Waals surface area (Å²) in [4.78, 5) is 24.9. The summed E-state index contributed by atoms with van der Waals surface area (Å²) in [7, 11) is 1.32. The highest BCUT2D eigenvalue weighted by Crippen LogP contribution is 2.20. The minimum absolute atomic E-state index is 0.0569. The van der Waals surface area contributed by atoms with Gasteiger partial charge in [0.05, 0.1) is 13.5 Å². The van der Waals surface area contributed by atoms with Crippen LogP contribution in [0, 0.1) is 20.8 Å². The van der Waals surface area contributed by atoms with Crippen LogP contribution in [0.1, 0.15) is 22.9 Å². The summed E-state index contributed by atoms with van der Waals surface area (Å²) in [5, 5.41) is 17.1. The third-order valence-electron chi connectivity index (χ3n) is 3.74. The zero-order valence-electron chi connectivity index (χ0n) is 14.6. The van der Waals surface area contributed by atoms with E-state index in [-0.39, 0.29) is 6.42 Å². The number of esters is 1. The lowest BCUT2D eigenvalue weighted by atomic mass is 10.3. The molecular weight excluding hydrogens is 338 g/mol. The van der Waals surface area contributed by atoms with E-state index >= 15 is 0 Å². The van der Waals surface area contributed by atoms with Crippen LogP contribution in [0.4, 0.5) is 0 Å². The van der Waals surface area contributed by atoms with Gasteiger partial charge in [-0.15, -0.1) is 15.3 Å². The van der Waals surface area contributed by atoms with Gasteiger partial charge in [-0.3, -0.25) is 4.79 Å². The highest BCUT2D eigenvalue weighted by atomic mass is 16.5. The van der Waals surface area contributed by atoms with Crippen LogP contribution in [0.3, 0.4) is 0 Å². The van der Waals surface area contributed by atoms with E-state index in [4.69, 9.17) is 4.74 Å². The van der Waals surface area contributed by atoms with Gasteiger partial charge in [-0.2, -0.15) is 19.3 Å². The first-order valence-corrected chi connectivity index (χ1v) is 7.83. The summed E-state index contributed by atoms with van der Waals surface area (Å²) in [6.07, 6.45) is -0.0569. The third kappa shape index (κ3) is 2.53. The van der Waals surface area contributed by atoms with Gasteiger partial charge in [-0.25, -0.2) is 9.97 Å². The molecule has 26 heavy (non-hydrogen) atoms. The van der Waals surface area contributed by atoms with E-state index in [9.17, 15) is 4.79 Å². The van der Waals surface area contributed by atoms with Gasteiger partial charge in [-0.1, -0.05) is 0 Å². The molecule has 4 aromatic heterocycles. The summed E-state index contributed by atoms with van der Waals surface area (Å²) in [5.74, 6) is 0.779. The standard InChI is InChI=1S/C15H15N9O2/c1-7-5-8(2)17-14(16-7)23-13-12(10(22-23)6-11(25)26-4)19-20-15-18-9(3)21-24(13)15/h5H,6H2,1-4H3. The summed E-state index contributed by atoms with van der Waals surface area (Å²) in [6, 6.07) is 1.86. The van der Waals surface area contributed by atoms with Crippen molar-refractivity contribution >= 4 is 22.9 Å². The number of aryl methyl sites for hydroxylation is 3. The Labute approximate surface area is 147 Å². The summed E-state index contributed by atoms with van der Waals surface area (Å²) < 4.78 is 7.77. The maximum atomic E-state index is 11.8. The Morgan fingerprint density at radius 2 is 1.81 bits per heavy atom. The second-order valence-electron chi connectivity index (χ2n) is 5.81. The van der Waals surface area contributed by atoms with Crippen LogP contribution in [-0.4, -0.2) is 57.6 Å². The van der Waals surface area contributed by atoms with Crippen LogP contribution >= 0.6 is 0 Å². The molecule has 0 aliphatic heterocycles. The van der Waals surface area contributed by atoms with Gasteiger partial charge in [0.1, 0.15) is 11.5 Å². The van der Waals surface area contributed by atoms with E-state index in [0.29, 0.717) is 34.4 Å². The van der Waals surface area contributed by atoms with Gasteiger partial charge in [0.15, 0.2) is 11.2 Å². The zero-order chi connectivity index (χ0) is 18.4. The van der Waals surface area contributed by atoms with Gasteiger partial charge in [0.25, 0.3) is 11.7 Å². The molecule has 0 aliphatic carbocycles. The minimum Gasteiger partial charge on any atom is -0.469 e. The molecule has 0 spiro atoms. The van der Waals surface area contributed by atoms with Crippen molar-refractivity contribution in [2.75, 3.05) is 7.11 Å². The van der Waals surface area contributed by atoms with E-state index in [1.165, 1.54) is 16.3 Å². The molecule has 0 aliphatic rings. The molecule has 132 valence electrons. The van der Waals surface area contributed by atoms with Crippen molar-refractivity contribution in [2.24, 2.45) is 0 Å². The average molecular weight is 353 g/mol. The second kappa shape index (κ2) is 5.79. The fourth-order valence-corrected chi connectivity index (χ4v) is 2.71. The molecule has 0 atom stereocenters. The molecule has 0 unspecified atom stereocenters. The number of hydrogen-bond donors (Lipinski definition) is 0. The lowest BCUT2D eigenvalue weighted by molar-refractivity contribution is -0.139. The van der Waals surface area contributed by atoms with Crippen molar-refractivity contribution in [2.45, 2.75) is 27.2 Å². The van der Waals surface area contributed by atoms with Crippen LogP contribution < -0.4 is 0 Å². The molecule has 4 aromatic rings. The second-order valence-corrected chi connectivity index (χ2v) is 5.81. The van der Waals surface area contributed by atoms with Crippen LogP contribution in [0.5, 0.6) is 0 Å². The van der Waals surface area contributed by atoms with Gasteiger partial charge in [-0.05, 0) is 26.8 Å². The highest BCUT2D eigenvalue weighted by Gasteiger charge is 2.22. The van der Waals surface area contributed by atoms with Crippen molar-refractivity contribution in [3.63, 3.8) is 0 Å². The number of nitrogens with zero attached hydrogens (tertiary/aromatic N) is 9. The lowest BCUT2D eigenvalue weighted by Crippen LogP contribution is -2.09. The van der Waals surface area contributed by atoms with Gasteiger partial charge in [0, 0.05) is 11.4 Å². The number of aromatic nitrogens is 9. The molecule has 0 aromatic carbocycles. The van der Waals surface area contributed by atoms with E-state index in [1.807, 2.05) is 19.9 Å². The molecule has 4 heterocycles. The van der Waals surface area contributed by atoms with Crippen LogP contribution in [0.2, 0.25) is 0 Å². The lowest BCUT2D eigenvalue weighted by Gasteiger charge is -2.04. The Kier molecular flexibility index (Phi) is 3.56. The first-order chi connectivity index (χ1) is 12.5. The molecule has 0 fully saturated rings. The van der Waals surface area contributed by atoms with Crippen molar-refractivity contribution in [1.29, 1.82) is 0 Å². The molecule has 0 saturated heterocycles. The third-order valence-corrected chi connectivity index (χ3v) is 3.74. The molecular formula is C15H15N9O2. The predicted octanol–water partition coefficient (Wildman–Crippen LogP) is 0.289. The van der Waals surface area contributed by atoms with Crippen LogP contribution in [-0.2, 0) is 16.0 Å². The first kappa shape index (κ1) is 16.0. The predicted molar refractivity (Wildman–Crippen MR) is 88.7 cm³/mol. The first-order valence-electron chi connectivity index (χ1n) is 7.83. The molecule has 11 nitrogen and oxygen atoms in total. The average Bonchev–Trinajstić information content (AvgIpc) is 3.13. The summed E-state index contributed by atoms with van der Waals surface area (Å²) in [6.45, 7) is 5.49. The minimum atomic E-state index is -0.436. The Hall–Kier alpha value is -3.50. The van der Waals surface area contributed by atoms with E-state index in [0.717, 1.165) is 11.4 Å². The van der Waals surface area contributed by atoms with Crippen molar-refractivity contribution in [3.8, 4) is 5.95 Å². The largest absolute Gasteiger partial charge is 0.469 e. The monoisotopic (exact) mass is 353 g/mol. The Bertz CT molecular complexity index is 1140. The van der Waals surface area contributed by atoms with Crippen LogP contribution in [0.25, 0.3) is 22.9 Å². The Balaban J connectivity index is 2.06. The fraction of sp³-hybridized carbons (Fsp3) is 0.333. The van der Waals surface area contributed by atoms with Crippen LogP contribution in [0.15, 0.2) is 6.07 Å². The molecule has 0 radical (unpaired) electrons. The fourth-order valence-electron chi connectivity index (χ4n) is 2.71. The number of carbonyl (C=O) groups excluding carboxylic acids is 1. The molecule has 11 heteroatoms. The number of ether oxygens (including phenoxy) is 1. The van der Waals surface area contributed by atoms with Gasteiger partial charge < -0.3 is 4.74 Å². The highest BCUT2D eigenvalue weighted by molar-refractivity contribution is 5.82. The Morgan fingerprint density at radius 1 is 1.08 bits per heavy atom. The number of carbonyl (C=O) groups is 1. The van der Waals surface area contributed by atoms with E-state index < -0.39 is 5.97 Å². The maximum Gasteiger partial charge on any atom is 0.311 e. The van der Waals surface area contributed by atoms with Crippen molar-refractivity contribution in [3.05, 3.63) is 29.0 Å². The number of methoxy groups -OCH3 is 1. The maximum absolute atomic E-state index is 11.8. The summed E-state index contributed by atoms with van der Waals surface area (Å²) >= 11 is 0. The van der Waals surface area contributed by atoms with Crippen molar-refractivity contribution < 1.29 is 9.53 Å². The topological polar surface area (TPSA) is 126 Å². The van der Waals surface area contributed by atoms with Gasteiger partial charge in [0.2, 0.25) is 0 Å². The smallest absolute Gasteiger partial charge is 0.311 e. The van der Waals surface area contributed by atoms with E-state index in [1.54, 1.807) is 6.92 Å². The molecule has 0 amide bonds. The Morgan fingerprint density at radius 3 is 2.50 bits per heavy atom. The molecule has 0 N–H and O–H groups in total.